The summed E-state index contributed by atoms with van der Waals surface area (Å²) in [6.45, 7) is 0. The molecule has 9 N–H and O–H groups in total. The van der Waals surface area contributed by atoms with Crippen molar-refractivity contribution in [2.75, 3.05) is 5.73 Å². The van der Waals surface area contributed by atoms with Gasteiger partial charge in [0.1, 0.15) is 37.5 Å². The Morgan fingerprint density at radius 2 is 1.08 bits per heavy atom. The first kappa shape index (κ1) is 36.0. The van der Waals surface area contributed by atoms with Crippen LogP contribution in [0, 0.1) is 0 Å². The summed E-state index contributed by atoms with van der Waals surface area (Å²) in [4.78, 5) is -4.09. The number of phenolic OH excluding ortho intramolecular Hbond substituents is 3. The number of aromatic hydroxyl groups is 3. The number of hydrogen-bond donors (Lipinski definition) is 8. The molecule has 0 aliphatic rings. The van der Waals surface area contributed by atoms with E-state index in [0.29, 0.717) is 24.3 Å². The summed E-state index contributed by atoms with van der Waals surface area (Å²) >= 11 is 0. The molecule has 0 aromatic heterocycles. The molecule has 0 fully saturated rings. The molecule has 0 amide bonds. The van der Waals surface area contributed by atoms with E-state index in [2.05, 4.69) is 20.5 Å². The third kappa shape index (κ3) is 7.03. The van der Waals surface area contributed by atoms with Crippen LogP contribution in [-0.2, 0) is 40.5 Å². The van der Waals surface area contributed by atoms with Crippen molar-refractivity contribution < 1.29 is 67.2 Å². The van der Waals surface area contributed by atoms with Crippen LogP contribution in [0.5, 0.6) is 17.2 Å². The Labute approximate surface area is 280 Å². The molecule has 5 aromatic carbocycles. The number of rotatable bonds is 8. The first-order valence-electron chi connectivity index (χ1n) is 12.9. The molecule has 0 saturated carbocycles. The summed E-state index contributed by atoms with van der Waals surface area (Å²) in [5, 5.41) is 45.2. The van der Waals surface area contributed by atoms with E-state index in [1.807, 2.05) is 0 Å². The van der Waals surface area contributed by atoms with Crippen LogP contribution in [0.25, 0.3) is 21.5 Å². The third-order valence-corrected chi connectivity index (χ3v) is 10.2. The number of benzene rings is 5. The summed E-state index contributed by atoms with van der Waals surface area (Å²) < 4.78 is 135. The van der Waals surface area contributed by atoms with E-state index in [0.717, 1.165) is 18.2 Å². The number of fused-ring (bicyclic) bond motifs is 2. The van der Waals surface area contributed by atoms with Crippen molar-refractivity contribution in [2.45, 2.75) is 19.6 Å². The molecule has 0 aliphatic carbocycles. The fourth-order valence-corrected chi connectivity index (χ4v) is 7.09. The number of anilines is 1. The van der Waals surface area contributed by atoms with E-state index >= 15 is 0 Å². The fraction of sp³-hybridized carbons (Fsp3) is 0. The lowest BCUT2D eigenvalue weighted by Gasteiger charge is -2.11. The molecule has 50 heavy (non-hydrogen) atoms. The number of nitrogens with two attached hydrogens (primary N) is 1. The van der Waals surface area contributed by atoms with Gasteiger partial charge in [-0.2, -0.15) is 38.8 Å². The van der Waals surface area contributed by atoms with E-state index < -0.39 is 111 Å². The van der Waals surface area contributed by atoms with Gasteiger partial charge in [0, 0.05) is 17.1 Å². The Morgan fingerprint density at radius 3 is 1.66 bits per heavy atom. The van der Waals surface area contributed by atoms with E-state index in [4.69, 9.17) is 5.73 Å². The number of azo groups is 2. The van der Waals surface area contributed by atoms with Crippen LogP contribution < -0.4 is 5.73 Å². The van der Waals surface area contributed by atoms with Gasteiger partial charge in [-0.1, -0.05) is 6.07 Å². The van der Waals surface area contributed by atoms with Gasteiger partial charge in [-0.3, -0.25) is 18.2 Å². The second-order valence-corrected chi connectivity index (χ2v) is 15.7. The Balaban J connectivity index is 1.65. The van der Waals surface area contributed by atoms with Crippen LogP contribution >= 0.6 is 0 Å². The van der Waals surface area contributed by atoms with Crippen LogP contribution in [0.4, 0.5) is 28.4 Å². The highest BCUT2D eigenvalue weighted by molar-refractivity contribution is 7.86. The topological polar surface area (TPSA) is 354 Å². The Kier molecular flexibility index (Phi) is 8.78. The van der Waals surface area contributed by atoms with Crippen LogP contribution in [0.15, 0.2) is 101 Å². The largest absolute Gasteiger partial charge is 0.507 e. The molecular weight excluding hydrogens is 751 g/mol. The van der Waals surface area contributed by atoms with Gasteiger partial charge < -0.3 is 21.1 Å². The molecule has 0 aliphatic heterocycles. The zero-order valence-electron chi connectivity index (χ0n) is 24.2. The summed E-state index contributed by atoms with van der Waals surface area (Å²) in [6.07, 6.45) is 0. The zero-order chi connectivity index (χ0) is 37.1. The van der Waals surface area contributed by atoms with Gasteiger partial charge in [0.25, 0.3) is 40.5 Å². The van der Waals surface area contributed by atoms with Gasteiger partial charge in [-0.15, -0.1) is 15.3 Å². The molecule has 262 valence electrons. The number of hydrogen-bond acceptors (Lipinski definition) is 16. The minimum absolute atomic E-state index is 0.00845. The van der Waals surface area contributed by atoms with Crippen molar-refractivity contribution >= 4 is 90.5 Å². The lowest BCUT2D eigenvalue weighted by atomic mass is 10.1. The highest BCUT2D eigenvalue weighted by Gasteiger charge is 2.26. The monoisotopic (exact) mass is 769 g/mol. The zero-order valence-corrected chi connectivity index (χ0v) is 27.4. The van der Waals surface area contributed by atoms with Gasteiger partial charge in [-0.05, 0) is 59.3 Å². The molecule has 0 saturated heterocycles. The molecule has 0 unspecified atom stereocenters. The average molecular weight is 770 g/mol. The highest BCUT2D eigenvalue weighted by atomic mass is 32.2. The molecule has 0 spiro atoms. The van der Waals surface area contributed by atoms with Crippen molar-refractivity contribution in [1.29, 1.82) is 0 Å². The predicted octanol–water partition coefficient (Wildman–Crippen LogP) is 4.51. The van der Waals surface area contributed by atoms with Crippen LogP contribution in [0.2, 0.25) is 0 Å². The molecular formula is C26H19N5O15S4. The molecule has 24 heteroatoms. The number of nitrogens with zero attached hydrogens (tertiary/aromatic N) is 4. The molecule has 0 atom stereocenters. The fourth-order valence-electron chi connectivity index (χ4n) is 4.60. The first-order chi connectivity index (χ1) is 23.0. The van der Waals surface area contributed by atoms with Gasteiger partial charge in [0.05, 0.1) is 16.0 Å². The predicted molar refractivity (Wildman–Crippen MR) is 171 cm³/mol. The van der Waals surface area contributed by atoms with E-state index in [1.165, 1.54) is 18.2 Å². The lowest BCUT2D eigenvalue weighted by Crippen LogP contribution is -2.01. The minimum Gasteiger partial charge on any atom is -0.507 e. The van der Waals surface area contributed by atoms with Gasteiger partial charge in [0.2, 0.25) is 0 Å². The van der Waals surface area contributed by atoms with Crippen LogP contribution in [-0.4, -0.2) is 67.2 Å². The maximum atomic E-state index is 12.3. The maximum Gasteiger partial charge on any atom is 0.296 e. The van der Waals surface area contributed by atoms with E-state index in [-0.39, 0.29) is 16.5 Å². The Bertz CT molecular complexity index is 2800. The summed E-state index contributed by atoms with van der Waals surface area (Å²) in [5.74, 6) is -2.99. The van der Waals surface area contributed by atoms with Crippen molar-refractivity contribution in [3.05, 3.63) is 60.7 Å². The van der Waals surface area contributed by atoms with Gasteiger partial charge in [0.15, 0.2) is 11.5 Å². The third-order valence-electron chi connectivity index (χ3n) is 6.78. The maximum absolute atomic E-state index is 12.3. The molecule has 20 nitrogen and oxygen atoms in total. The highest BCUT2D eigenvalue weighted by Crippen LogP contribution is 2.46. The quantitative estimate of drug-likeness (QED) is 0.0611. The summed E-state index contributed by atoms with van der Waals surface area (Å²) in [5.41, 5.74) is 2.84. The minimum atomic E-state index is -5.32. The normalized spacial score (nSPS) is 13.2. The smallest absolute Gasteiger partial charge is 0.296 e. The average Bonchev–Trinajstić information content (AvgIpc) is 2.98. The van der Waals surface area contributed by atoms with Gasteiger partial charge in [-0.25, -0.2) is 0 Å². The molecule has 0 radical (unpaired) electrons. The molecule has 0 heterocycles. The van der Waals surface area contributed by atoms with Crippen LogP contribution in [0.1, 0.15) is 0 Å². The summed E-state index contributed by atoms with van der Waals surface area (Å²) in [6, 6.07) is 9.11. The molecule has 0 bridgehead atoms. The van der Waals surface area contributed by atoms with Crippen LogP contribution in [0.3, 0.4) is 0 Å². The second-order valence-electron chi connectivity index (χ2n) is 10.1. The van der Waals surface area contributed by atoms with E-state index in [1.54, 1.807) is 0 Å². The van der Waals surface area contributed by atoms with Crippen molar-refractivity contribution in [3.8, 4) is 17.2 Å². The lowest BCUT2D eigenvalue weighted by molar-refractivity contribution is 0.457. The Morgan fingerprint density at radius 1 is 0.520 bits per heavy atom. The summed E-state index contributed by atoms with van der Waals surface area (Å²) in [7, 11) is -20.5. The standard InChI is InChI=1S/C26H19N5O15S4/c27-13-2-1-11-6-20(49(41,42)43)23(25(33)16(11)8-13)30-28-14-3-4-17(19(9-14)48(38,39)40)29-31-24-21(50(44,45)46)7-12-5-15(47(35,36)37)10-18(32)22(12)26(24)34/h1-10,32-34H,27H2,(H,35,36,37)(H,38,39,40)(H,41,42,43)(H,44,45,46). The van der Waals surface area contributed by atoms with Crippen molar-refractivity contribution in [2.24, 2.45) is 20.5 Å². The number of nitrogen functional groups attached to an aromatic ring is 1. The SMILES string of the molecule is Nc1ccc2cc(S(=O)(=O)O)c(N=Nc3ccc(N=Nc4c(S(=O)(=O)O)cc5cc(S(=O)(=O)O)cc(O)c5c4O)c(S(=O)(=O)O)c3)c(O)c2c1. The van der Waals surface area contributed by atoms with Crippen molar-refractivity contribution in [1.82, 2.24) is 0 Å². The van der Waals surface area contributed by atoms with Gasteiger partial charge >= 0.3 is 0 Å². The molecule has 5 rings (SSSR count). The van der Waals surface area contributed by atoms with Crippen molar-refractivity contribution in [3.63, 3.8) is 0 Å². The number of phenols is 3. The van der Waals surface area contributed by atoms with E-state index in [9.17, 15) is 67.2 Å². The Hall–Kier alpha value is -5.34. The first-order valence-corrected chi connectivity index (χ1v) is 18.7. The second kappa shape index (κ2) is 12.2. The molecule has 5 aromatic rings.